The first-order chi connectivity index (χ1) is 10.3. The van der Waals surface area contributed by atoms with E-state index in [0.29, 0.717) is 0 Å². The van der Waals surface area contributed by atoms with Gasteiger partial charge in [0.2, 0.25) is 0 Å². The van der Waals surface area contributed by atoms with Crippen LogP contribution in [0.1, 0.15) is 28.7 Å². The summed E-state index contributed by atoms with van der Waals surface area (Å²) in [4.78, 5) is 9.21. The first-order valence-corrected chi connectivity index (χ1v) is 7.06. The van der Waals surface area contributed by atoms with E-state index in [9.17, 15) is 0 Å². The van der Waals surface area contributed by atoms with Crippen molar-refractivity contribution in [1.82, 2.24) is 9.55 Å². The minimum absolute atomic E-state index is 0.0294. The molecule has 1 unspecified atom stereocenters. The average Bonchev–Trinajstić information content (AvgIpc) is 2.81. The van der Waals surface area contributed by atoms with Crippen LogP contribution in [-0.4, -0.2) is 15.8 Å². The Morgan fingerprint density at radius 3 is 2.57 bits per heavy atom. The Morgan fingerprint density at radius 2 is 1.71 bits per heavy atom. The van der Waals surface area contributed by atoms with Gasteiger partial charge in [-0.1, -0.05) is 48.5 Å². The SMILES string of the molecule is Cc1ncc2n1-c1ccccc1C(c1ccccc1)N=C2. The summed E-state index contributed by atoms with van der Waals surface area (Å²) in [7, 11) is 0. The Hall–Kier alpha value is -2.68. The van der Waals surface area contributed by atoms with Crippen molar-refractivity contribution in [3.05, 3.63) is 83.4 Å². The summed E-state index contributed by atoms with van der Waals surface area (Å²) in [6.45, 7) is 2.02. The molecule has 0 aliphatic carbocycles. The number of para-hydroxylation sites is 1. The van der Waals surface area contributed by atoms with Gasteiger partial charge in [0.25, 0.3) is 0 Å². The summed E-state index contributed by atoms with van der Waals surface area (Å²) in [6.07, 6.45) is 3.81. The molecule has 1 aliphatic rings. The van der Waals surface area contributed by atoms with E-state index in [-0.39, 0.29) is 6.04 Å². The highest BCUT2D eigenvalue weighted by molar-refractivity contribution is 5.80. The molecule has 0 fully saturated rings. The molecule has 0 saturated carbocycles. The Bertz CT molecular complexity index is 815. The highest BCUT2D eigenvalue weighted by Crippen LogP contribution is 2.33. The molecule has 21 heavy (non-hydrogen) atoms. The largest absolute Gasteiger partial charge is 0.295 e. The number of hydrogen-bond acceptors (Lipinski definition) is 2. The number of aliphatic imine (C=N–C) groups is 1. The highest BCUT2D eigenvalue weighted by Gasteiger charge is 2.21. The molecular formula is C18H15N3. The molecule has 0 N–H and O–H groups in total. The second kappa shape index (κ2) is 4.70. The van der Waals surface area contributed by atoms with Crippen LogP contribution >= 0.6 is 0 Å². The Morgan fingerprint density at radius 1 is 0.952 bits per heavy atom. The fourth-order valence-electron chi connectivity index (χ4n) is 2.92. The third-order valence-electron chi connectivity index (χ3n) is 3.91. The van der Waals surface area contributed by atoms with Gasteiger partial charge in [-0.05, 0) is 18.6 Å². The molecule has 1 atom stereocenters. The Kier molecular flexibility index (Phi) is 2.71. The lowest BCUT2D eigenvalue weighted by atomic mass is 9.98. The summed E-state index contributed by atoms with van der Waals surface area (Å²) in [6, 6.07) is 18.9. The van der Waals surface area contributed by atoms with Crippen LogP contribution in [0, 0.1) is 6.92 Å². The number of benzene rings is 2. The smallest absolute Gasteiger partial charge is 0.110 e. The molecule has 4 rings (SSSR count). The summed E-state index contributed by atoms with van der Waals surface area (Å²) < 4.78 is 2.17. The van der Waals surface area contributed by atoms with Crippen LogP contribution in [0.2, 0.25) is 0 Å². The molecular weight excluding hydrogens is 258 g/mol. The number of aromatic nitrogens is 2. The number of nitrogens with zero attached hydrogens (tertiary/aromatic N) is 3. The first kappa shape index (κ1) is 12.1. The number of hydrogen-bond donors (Lipinski definition) is 0. The van der Waals surface area contributed by atoms with Gasteiger partial charge in [-0.2, -0.15) is 0 Å². The van der Waals surface area contributed by atoms with Crippen molar-refractivity contribution in [2.45, 2.75) is 13.0 Å². The summed E-state index contributed by atoms with van der Waals surface area (Å²) in [5.74, 6) is 0.984. The molecule has 1 aromatic heterocycles. The van der Waals surface area contributed by atoms with Gasteiger partial charge in [-0.25, -0.2) is 4.98 Å². The first-order valence-electron chi connectivity index (χ1n) is 7.06. The van der Waals surface area contributed by atoms with E-state index >= 15 is 0 Å². The second-order valence-corrected chi connectivity index (χ2v) is 5.22. The van der Waals surface area contributed by atoms with Crippen LogP contribution < -0.4 is 0 Å². The van der Waals surface area contributed by atoms with E-state index in [2.05, 4.69) is 58.1 Å². The average molecular weight is 273 g/mol. The third kappa shape index (κ3) is 1.89. The maximum atomic E-state index is 4.80. The minimum Gasteiger partial charge on any atom is -0.295 e. The van der Waals surface area contributed by atoms with Crippen molar-refractivity contribution in [1.29, 1.82) is 0 Å². The van der Waals surface area contributed by atoms with Crippen molar-refractivity contribution in [3.8, 4) is 5.69 Å². The molecule has 0 bridgehead atoms. The molecule has 3 nitrogen and oxygen atoms in total. The summed E-state index contributed by atoms with van der Waals surface area (Å²) in [5, 5.41) is 0. The van der Waals surface area contributed by atoms with Gasteiger partial charge in [0.05, 0.1) is 17.6 Å². The fraction of sp³-hybridized carbons (Fsp3) is 0.111. The lowest BCUT2D eigenvalue weighted by Crippen LogP contribution is -2.05. The number of fused-ring (bicyclic) bond motifs is 3. The normalized spacial score (nSPS) is 16.1. The zero-order valence-corrected chi connectivity index (χ0v) is 11.8. The van der Waals surface area contributed by atoms with E-state index in [1.165, 1.54) is 11.1 Å². The standard InChI is InChI=1S/C18H15N3/c1-13-19-11-15-12-20-18(14-7-3-2-4-8-14)16-9-5-6-10-17(16)21(13)15/h2-12,18H,1H3. The van der Waals surface area contributed by atoms with Crippen LogP contribution in [0.3, 0.4) is 0 Å². The van der Waals surface area contributed by atoms with Gasteiger partial charge in [0.15, 0.2) is 0 Å². The highest BCUT2D eigenvalue weighted by atomic mass is 15.1. The predicted octanol–water partition coefficient (Wildman–Crippen LogP) is 3.70. The van der Waals surface area contributed by atoms with Crippen molar-refractivity contribution >= 4 is 6.21 Å². The van der Waals surface area contributed by atoms with E-state index in [0.717, 1.165) is 17.2 Å². The second-order valence-electron chi connectivity index (χ2n) is 5.22. The van der Waals surface area contributed by atoms with Gasteiger partial charge in [-0.15, -0.1) is 0 Å². The molecule has 2 heterocycles. The lowest BCUT2D eigenvalue weighted by Gasteiger charge is -2.16. The molecule has 102 valence electrons. The van der Waals surface area contributed by atoms with Gasteiger partial charge >= 0.3 is 0 Å². The van der Waals surface area contributed by atoms with Crippen LogP contribution in [0.25, 0.3) is 5.69 Å². The minimum atomic E-state index is 0.0294. The topological polar surface area (TPSA) is 30.2 Å². The number of rotatable bonds is 1. The number of imidazole rings is 1. The van der Waals surface area contributed by atoms with Crippen LogP contribution in [0.15, 0.2) is 65.8 Å². The lowest BCUT2D eigenvalue weighted by molar-refractivity contribution is 0.862. The molecule has 0 spiro atoms. The predicted molar refractivity (Wildman–Crippen MR) is 84.2 cm³/mol. The van der Waals surface area contributed by atoms with Crippen LogP contribution in [0.5, 0.6) is 0 Å². The van der Waals surface area contributed by atoms with Crippen molar-refractivity contribution in [2.75, 3.05) is 0 Å². The molecule has 0 radical (unpaired) electrons. The maximum Gasteiger partial charge on any atom is 0.110 e. The Balaban J connectivity index is 1.98. The van der Waals surface area contributed by atoms with Gasteiger partial charge in [-0.3, -0.25) is 9.56 Å². The Labute approximate surface area is 123 Å². The van der Waals surface area contributed by atoms with Gasteiger partial charge in [0, 0.05) is 11.8 Å². The number of aryl methyl sites for hydroxylation is 1. The molecule has 0 amide bonds. The molecule has 3 heteroatoms. The van der Waals surface area contributed by atoms with Crippen molar-refractivity contribution in [3.63, 3.8) is 0 Å². The third-order valence-corrected chi connectivity index (χ3v) is 3.91. The van der Waals surface area contributed by atoms with E-state index in [1.54, 1.807) is 0 Å². The van der Waals surface area contributed by atoms with Crippen LogP contribution in [0.4, 0.5) is 0 Å². The van der Waals surface area contributed by atoms with Gasteiger partial charge in [0.1, 0.15) is 11.9 Å². The zero-order valence-electron chi connectivity index (χ0n) is 11.8. The van der Waals surface area contributed by atoms with Gasteiger partial charge < -0.3 is 0 Å². The van der Waals surface area contributed by atoms with E-state index in [4.69, 9.17) is 4.99 Å². The summed E-state index contributed by atoms with van der Waals surface area (Å²) >= 11 is 0. The molecule has 0 saturated heterocycles. The van der Waals surface area contributed by atoms with Crippen LogP contribution in [-0.2, 0) is 0 Å². The summed E-state index contributed by atoms with van der Waals surface area (Å²) in [5.41, 5.74) is 4.60. The van der Waals surface area contributed by atoms with Crippen molar-refractivity contribution < 1.29 is 0 Å². The van der Waals surface area contributed by atoms with E-state index < -0.39 is 0 Å². The molecule has 2 aromatic carbocycles. The zero-order chi connectivity index (χ0) is 14.2. The van der Waals surface area contributed by atoms with E-state index in [1.807, 2.05) is 25.4 Å². The fourth-order valence-corrected chi connectivity index (χ4v) is 2.92. The van der Waals surface area contributed by atoms with Crippen molar-refractivity contribution in [2.24, 2.45) is 4.99 Å². The quantitative estimate of drug-likeness (QED) is 0.665. The molecule has 3 aromatic rings. The maximum absolute atomic E-state index is 4.80. The monoisotopic (exact) mass is 273 g/mol. The molecule has 1 aliphatic heterocycles.